The van der Waals surface area contributed by atoms with Crippen LogP contribution in [-0.2, 0) is 7.05 Å². The van der Waals surface area contributed by atoms with Crippen LogP contribution in [0.25, 0.3) is 38.9 Å². The lowest BCUT2D eigenvalue weighted by Crippen LogP contribution is -2.19. The predicted octanol–water partition coefficient (Wildman–Crippen LogP) is 3.92. The van der Waals surface area contributed by atoms with Crippen molar-refractivity contribution >= 4 is 34.8 Å². The van der Waals surface area contributed by atoms with Crippen LogP contribution >= 0.6 is 12.4 Å². The maximum absolute atomic E-state index is 12.9. The number of nitrogen functional groups attached to an aromatic ring is 1. The van der Waals surface area contributed by atoms with E-state index < -0.39 is 0 Å². The highest BCUT2D eigenvalue weighted by molar-refractivity contribution is 5.86. The molecule has 0 fully saturated rings. The van der Waals surface area contributed by atoms with Crippen molar-refractivity contribution < 1.29 is 0 Å². The lowest BCUT2D eigenvalue weighted by atomic mass is 10.1. The molecule has 0 bridgehead atoms. The number of hydrogen-bond donors (Lipinski definition) is 1. The molecule has 0 atom stereocenters. The number of benzene rings is 2. The van der Waals surface area contributed by atoms with Gasteiger partial charge in [-0.15, -0.1) is 12.4 Å². The van der Waals surface area contributed by atoms with Crippen LogP contribution < -0.4 is 11.3 Å². The fourth-order valence-electron chi connectivity index (χ4n) is 3.47. The molecule has 0 saturated carbocycles. The molecule has 0 saturated heterocycles. The predicted molar refractivity (Wildman–Crippen MR) is 118 cm³/mol. The van der Waals surface area contributed by atoms with Crippen molar-refractivity contribution in [3.63, 3.8) is 0 Å². The van der Waals surface area contributed by atoms with Gasteiger partial charge < -0.3 is 5.73 Å². The van der Waals surface area contributed by atoms with E-state index in [2.05, 4.69) is 4.98 Å². The first kappa shape index (κ1) is 18.7. The summed E-state index contributed by atoms with van der Waals surface area (Å²) < 4.78 is 3.46. The smallest absolute Gasteiger partial charge is 0.261 e. The second-order valence-corrected chi connectivity index (χ2v) is 6.73. The van der Waals surface area contributed by atoms with E-state index in [4.69, 9.17) is 10.8 Å². The highest BCUT2D eigenvalue weighted by atomic mass is 35.5. The van der Waals surface area contributed by atoms with Crippen LogP contribution in [0.3, 0.4) is 0 Å². The van der Waals surface area contributed by atoms with Crippen molar-refractivity contribution in [1.29, 1.82) is 0 Å². The third-order valence-electron chi connectivity index (χ3n) is 4.98. The molecule has 2 N–H and O–H groups in total. The zero-order chi connectivity index (χ0) is 19.3. The zero-order valence-corrected chi connectivity index (χ0v) is 16.4. The number of halogens is 1. The molecule has 0 unspecified atom stereocenters. The fourth-order valence-corrected chi connectivity index (χ4v) is 3.47. The maximum Gasteiger partial charge on any atom is 0.261 e. The van der Waals surface area contributed by atoms with Crippen molar-refractivity contribution in [2.45, 2.75) is 0 Å². The van der Waals surface area contributed by atoms with Gasteiger partial charge in [-0.2, -0.15) is 5.10 Å². The van der Waals surface area contributed by atoms with Gasteiger partial charge in [0.25, 0.3) is 5.56 Å². The average molecular weight is 404 g/mol. The van der Waals surface area contributed by atoms with Crippen molar-refractivity contribution in [2.75, 3.05) is 5.73 Å². The Labute approximate surface area is 172 Å². The van der Waals surface area contributed by atoms with Gasteiger partial charge in [0.15, 0.2) is 0 Å². The molecule has 0 radical (unpaired) electrons. The number of hydrogen-bond acceptors (Lipinski definition) is 4. The summed E-state index contributed by atoms with van der Waals surface area (Å²) >= 11 is 0. The molecule has 7 heteroatoms. The molecule has 0 spiro atoms. The third kappa shape index (κ3) is 3.03. The lowest BCUT2D eigenvalue weighted by Gasteiger charge is -2.08. The van der Waals surface area contributed by atoms with Gasteiger partial charge in [0, 0.05) is 30.4 Å². The molecule has 6 nitrogen and oxygen atoms in total. The Morgan fingerprint density at radius 2 is 1.66 bits per heavy atom. The van der Waals surface area contributed by atoms with Crippen molar-refractivity contribution in [1.82, 2.24) is 19.2 Å². The van der Waals surface area contributed by atoms with Crippen LogP contribution in [0.2, 0.25) is 0 Å². The van der Waals surface area contributed by atoms with Gasteiger partial charge in [0.05, 0.1) is 16.6 Å². The summed E-state index contributed by atoms with van der Waals surface area (Å²) in [4.78, 5) is 17.0. The van der Waals surface area contributed by atoms with E-state index in [1.807, 2.05) is 65.2 Å². The number of nitrogens with two attached hydrogens (primary N) is 1. The number of nitrogens with zero attached hydrogens (tertiary/aromatic N) is 4. The van der Waals surface area contributed by atoms with Crippen LogP contribution in [0.5, 0.6) is 0 Å². The minimum Gasteiger partial charge on any atom is -0.384 e. The van der Waals surface area contributed by atoms with Gasteiger partial charge in [-0.1, -0.05) is 36.4 Å². The molecule has 2 aromatic carbocycles. The molecular formula is C22H18ClN5O. The number of rotatable bonds is 2. The second kappa shape index (κ2) is 7.07. The van der Waals surface area contributed by atoms with Crippen LogP contribution in [0.15, 0.2) is 77.7 Å². The summed E-state index contributed by atoms with van der Waals surface area (Å²) in [5.41, 5.74) is 10.9. The summed E-state index contributed by atoms with van der Waals surface area (Å²) in [7, 11) is 1.77. The first-order valence-corrected chi connectivity index (χ1v) is 8.92. The van der Waals surface area contributed by atoms with E-state index in [1.54, 1.807) is 23.9 Å². The van der Waals surface area contributed by atoms with E-state index in [9.17, 15) is 4.79 Å². The second-order valence-electron chi connectivity index (χ2n) is 6.73. The molecule has 3 aromatic heterocycles. The Morgan fingerprint density at radius 1 is 0.897 bits per heavy atom. The van der Waals surface area contributed by atoms with Crippen LogP contribution in [0, 0.1) is 0 Å². The highest BCUT2D eigenvalue weighted by Gasteiger charge is 2.13. The zero-order valence-electron chi connectivity index (χ0n) is 15.6. The van der Waals surface area contributed by atoms with Gasteiger partial charge >= 0.3 is 0 Å². The Balaban J connectivity index is 0.00000205. The summed E-state index contributed by atoms with van der Waals surface area (Å²) in [5, 5.41) is 5.40. The maximum atomic E-state index is 12.9. The number of pyridine rings is 1. The third-order valence-corrected chi connectivity index (χ3v) is 4.98. The summed E-state index contributed by atoms with van der Waals surface area (Å²) in [6, 6.07) is 21.3. The molecule has 3 heterocycles. The van der Waals surface area contributed by atoms with Crippen molar-refractivity contribution in [2.24, 2.45) is 7.05 Å². The van der Waals surface area contributed by atoms with E-state index in [0.29, 0.717) is 11.2 Å². The minimum atomic E-state index is -0.0519. The first-order valence-electron chi connectivity index (χ1n) is 8.92. The van der Waals surface area contributed by atoms with Gasteiger partial charge in [-0.05, 0) is 29.8 Å². The SMILES string of the molecule is Cl.Cn1c(=O)c2ccc(-c3ccc(N)nc3)cc2n2nc(-c3ccccc3)cc12. The van der Waals surface area contributed by atoms with Gasteiger partial charge in [-0.3, -0.25) is 9.36 Å². The monoisotopic (exact) mass is 403 g/mol. The lowest BCUT2D eigenvalue weighted by molar-refractivity contribution is 0.850. The summed E-state index contributed by atoms with van der Waals surface area (Å²) in [5.74, 6) is 0.473. The molecular weight excluding hydrogens is 386 g/mol. The quantitative estimate of drug-likeness (QED) is 0.484. The number of aromatic nitrogens is 4. The Hall–Kier alpha value is -3.64. The molecule has 0 aliphatic heterocycles. The molecule has 0 amide bonds. The minimum absolute atomic E-state index is 0. The van der Waals surface area contributed by atoms with E-state index >= 15 is 0 Å². The number of anilines is 1. The Kier molecular flexibility index (Phi) is 4.56. The van der Waals surface area contributed by atoms with Crippen molar-refractivity contribution in [3.05, 3.63) is 83.3 Å². The largest absolute Gasteiger partial charge is 0.384 e. The van der Waals surface area contributed by atoms with Gasteiger partial charge in [0.2, 0.25) is 0 Å². The molecule has 0 aliphatic carbocycles. The van der Waals surface area contributed by atoms with Crippen molar-refractivity contribution in [3.8, 4) is 22.4 Å². The highest BCUT2D eigenvalue weighted by Crippen LogP contribution is 2.26. The molecule has 144 valence electrons. The molecule has 0 aliphatic rings. The normalized spacial score (nSPS) is 10.9. The first-order chi connectivity index (χ1) is 13.6. The molecule has 5 rings (SSSR count). The number of aryl methyl sites for hydroxylation is 1. The van der Waals surface area contributed by atoms with Crippen LogP contribution in [0.1, 0.15) is 0 Å². The number of fused-ring (bicyclic) bond motifs is 3. The van der Waals surface area contributed by atoms with E-state index in [1.165, 1.54) is 0 Å². The average Bonchev–Trinajstić information content (AvgIpc) is 3.19. The molecule has 29 heavy (non-hydrogen) atoms. The summed E-state index contributed by atoms with van der Waals surface area (Å²) in [6.45, 7) is 0. The van der Waals surface area contributed by atoms with Gasteiger partial charge in [0.1, 0.15) is 11.5 Å². The Morgan fingerprint density at radius 3 is 2.38 bits per heavy atom. The standard InChI is InChI=1S/C22H17N5O.ClH/c1-26-21-12-18(14-5-3-2-4-6-14)25-27(21)19-11-15(7-9-17(19)22(26)28)16-8-10-20(23)24-13-16;/h2-13H,1H3,(H2,23,24);1H. The van der Waals surface area contributed by atoms with Crippen LogP contribution in [0.4, 0.5) is 5.82 Å². The topological polar surface area (TPSA) is 78.2 Å². The fraction of sp³-hybridized carbons (Fsp3) is 0.0455. The van der Waals surface area contributed by atoms with E-state index in [0.717, 1.165) is 33.5 Å². The van der Waals surface area contributed by atoms with Gasteiger partial charge in [-0.25, -0.2) is 9.50 Å². The summed E-state index contributed by atoms with van der Waals surface area (Å²) in [6.07, 6.45) is 1.73. The van der Waals surface area contributed by atoms with Crippen LogP contribution in [-0.4, -0.2) is 19.2 Å². The Bertz CT molecular complexity index is 1390. The van der Waals surface area contributed by atoms with E-state index in [-0.39, 0.29) is 18.0 Å². The molecule has 5 aromatic rings.